The minimum atomic E-state index is -0.192. The number of halogens is 1. The molecule has 0 saturated carbocycles. The summed E-state index contributed by atoms with van der Waals surface area (Å²) >= 11 is 0. The van der Waals surface area contributed by atoms with Crippen LogP contribution in [0.4, 0.5) is 10.3 Å². The molecular formula is C20H25FN4O. The van der Waals surface area contributed by atoms with Gasteiger partial charge in [-0.15, -0.1) is 0 Å². The highest BCUT2D eigenvalue weighted by Gasteiger charge is 2.25. The van der Waals surface area contributed by atoms with Gasteiger partial charge in [-0.25, -0.2) is 14.4 Å². The maximum atomic E-state index is 14.2. The summed E-state index contributed by atoms with van der Waals surface area (Å²) in [5.41, 5.74) is 4.57. The number of nitrogens with one attached hydrogen (secondary N) is 1. The van der Waals surface area contributed by atoms with E-state index in [-0.39, 0.29) is 11.9 Å². The molecule has 4 rings (SSSR count). The van der Waals surface area contributed by atoms with Crippen LogP contribution < -0.4 is 10.2 Å². The van der Waals surface area contributed by atoms with Gasteiger partial charge in [-0.05, 0) is 38.4 Å². The van der Waals surface area contributed by atoms with Gasteiger partial charge >= 0.3 is 0 Å². The predicted molar refractivity (Wildman–Crippen MR) is 100 cm³/mol. The molecule has 5 nitrogen and oxygen atoms in total. The number of nitrogens with zero attached hydrogens (tertiary/aromatic N) is 3. The lowest BCUT2D eigenvalue weighted by Crippen LogP contribution is -2.44. The molecule has 1 N–H and O–H groups in total. The van der Waals surface area contributed by atoms with Crippen LogP contribution in [0.3, 0.4) is 0 Å². The lowest BCUT2D eigenvalue weighted by atomic mass is 10.00. The summed E-state index contributed by atoms with van der Waals surface area (Å²) in [6, 6.07) is 5.62. The maximum absolute atomic E-state index is 14.2. The van der Waals surface area contributed by atoms with Gasteiger partial charge in [-0.2, -0.15) is 0 Å². The number of morpholine rings is 1. The molecule has 1 fully saturated rings. The Morgan fingerprint density at radius 2 is 2.08 bits per heavy atom. The zero-order valence-corrected chi connectivity index (χ0v) is 15.4. The molecule has 1 atom stereocenters. The van der Waals surface area contributed by atoms with Crippen molar-refractivity contribution in [1.82, 2.24) is 15.3 Å². The minimum absolute atomic E-state index is 0.192. The minimum Gasteiger partial charge on any atom is -0.377 e. The Bertz CT molecular complexity index is 811. The highest BCUT2D eigenvalue weighted by Crippen LogP contribution is 2.30. The fourth-order valence-corrected chi connectivity index (χ4v) is 3.66. The second-order valence-corrected chi connectivity index (χ2v) is 7.13. The molecule has 138 valence electrons. The van der Waals surface area contributed by atoms with Crippen LogP contribution in [0.1, 0.15) is 23.7 Å². The van der Waals surface area contributed by atoms with Gasteiger partial charge < -0.3 is 15.0 Å². The Balaban J connectivity index is 1.84. The van der Waals surface area contributed by atoms with Crippen LogP contribution in [0.15, 0.2) is 18.2 Å². The molecule has 0 radical (unpaired) electrons. The van der Waals surface area contributed by atoms with Gasteiger partial charge in [0.05, 0.1) is 30.6 Å². The van der Waals surface area contributed by atoms with E-state index < -0.39 is 0 Å². The number of rotatable bonds is 2. The van der Waals surface area contributed by atoms with Gasteiger partial charge in [0.25, 0.3) is 0 Å². The normalized spacial score (nSPS) is 20.6. The Kier molecular flexibility index (Phi) is 4.87. The zero-order valence-electron chi connectivity index (χ0n) is 15.4. The molecule has 0 unspecified atom stereocenters. The van der Waals surface area contributed by atoms with E-state index in [4.69, 9.17) is 14.7 Å². The first-order valence-corrected chi connectivity index (χ1v) is 9.35. The summed E-state index contributed by atoms with van der Waals surface area (Å²) in [4.78, 5) is 12.0. The Hall–Kier alpha value is -2.05. The first-order chi connectivity index (χ1) is 12.6. The molecule has 2 aliphatic heterocycles. The average Bonchev–Trinajstić information content (AvgIpc) is 2.89. The molecule has 0 aliphatic carbocycles. The first-order valence-electron chi connectivity index (χ1n) is 9.35. The van der Waals surface area contributed by atoms with Crippen molar-refractivity contribution in [2.45, 2.75) is 32.7 Å². The third-order valence-corrected chi connectivity index (χ3v) is 5.24. The third-order valence-electron chi connectivity index (χ3n) is 5.24. The predicted octanol–water partition coefficient (Wildman–Crippen LogP) is 2.50. The summed E-state index contributed by atoms with van der Waals surface area (Å²) < 4.78 is 19.8. The number of hydrogen-bond donors (Lipinski definition) is 1. The van der Waals surface area contributed by atoms with E-state index in [0.29, 0.717) is 18.8 Å². The van der Waals surface area contributed by atoms with Crippen LogP contribution in [-0.4, -0.2) is 48.9 Å². The van der Waals surface area contributed by atoms with Crippen LogP contribution >= 0.6 is 0 Å². The van der Waals surface area contributed by atoms with Gasteiger partial charge in [0, 0.05) is 30.6 Å². The van der Waals surface area contributed by atoms with E-state index in [0.717, 1.165) is 60.9 Å². The van der Waals surface area contributed by atoms with Crippen LogP contribution in [0.25, 0.3) is 11.3 Å². The molecule has 2 aromatic rings. The molecule has 1 aromatic heterocycles. The van der Waals surface area contributed by atoms with Crippen molar-refractivity contribution in [2.24, 2.45) is 0 Å². The van der Waals surface area contributed by atoms with E-state index in [1.165, 1.54) is 0 Å². The quantitative estimate of drug-likeness (QED) is 0.896. The van der Waals surface area contributed by atoms with Crippen molar-refractivity contribution < 1.29 is 9.13 Å². The van der Waals surface area contributed by atoms with E-state index >= 15 is 0 Å². The van der Waals surface area contributed by atoms with Crippen molar-refractivity contribution in [3.8, 4) is 11.3 Å². The SMILES string of the molecule is Cc1ccc(-c2nc(N3CCOC[C@@H]3C)nc3c2CCNCC3)cc1F. The number of benzene rings is 1. The van der Waals surface area contributed by atoms with Gasteiger partial charge in [0.15, 0.2) is 0 Å². The summed E-state index contributed by atoms with van der Waals surface area (Å²) in [6.45, 7) is 7.84. The Labute approximate surface area is 153 Å². The smallest absolute Gasteiger partial charge is 0.226 e. The zero-order chi connectivity index (χ0) is 18.1. The molecule has 0 spiro atoms. The van der Waals surface area contributed by atoms with Crippen molar-refractivity contribution >= 4 is 5.95 Å². The molecule has 26 heavy (non-hydrogen) atoms. The van der Waals surface area contributed by atoms with Gasteiger partial charge in [0.2, 0.25) is 5.95 Å². The third kappa shape index (κ3) is 3.31. The van der Waals surface area contributed by atoms with Gasteiger partial charge in [-0.1, -0.05) is 12.1 Å². The second kappa shape index (κ2) is 7.29. The van der Waals surface area contributed by atoms with E-state index in [9.17, 15) is 4.39 Å². The van der Waals surface area contributed by atoms with Crippen molar-refractivity contribution in [2.75, 3.05) is 37.7 Å². The Morgan fingerprint density at radius 3 is 2.88 bits per heavy atom. The lowest BCUT2D eigenvalue weighted by Gasteiger charge is -2.34. The molecule has 3 heterocycles. The highest BCUT2D eigenvalue weighted by atomic mass is 19.1. The molecule has 1 saturated heterocycles. The molecular weight excluding hydrogens is 331 g/mol. The van der Waals surface area contributed by atoms with Crippen LogP contribution in [0.5, 0.6) is 0 Å². The molecule has 1 aromatic carbocycles. The monoisotopic (exact) mass is 356 g/mol. The van der Waals surface area contributed by atoms with Crippen molar-refractivity contribution in [3.63, 3.8) is 0 Å². The molecule has 0 amide bonds. The topological polar surface area (TPSA) is 50.3 Å². The Morgan fingerprint density at radius 1 is 1.23 bits per heavy atom. The van der Waals surface area contributed by atoms with Crippen molar-refractivity contribution in [1.29, 1.82) is 0 Å². The molecule has 0 bridgehead atoms. The molecule has 2 aliphatic rings. The van der Waals surface area contributed by atoms with E-state index in [1.54, 1.807) is 13.0 Å². The summed E-state index contributed by atoms with van der Waals surface area (Å²) in [5, 5.41) is 3.43. The number of ether oxygens (including phenoxy) is 1. The first kappa shape index (κ1) is 17.4. The largest absolute Gasteiger partial charge is 0.377 e. The van der Waals surface area contributed by atoms with E-state index in [2.05, 4.69) is 17.1 Å². The number of aromatic nitrogens is 2. The summed E-state index contributed by atoms with van der Waals surface area (Å²) in [6.07, 6.45) is 1.73. The fourth-order valence-electron chi connectivity index (χ4n) is 3.66. The van der Waals surface area contributed by atoms with Crippen molar-refractivity contribution in [3.05, 3.63) is 40.8 Å². The standard InChI is InChI=1S/C20H25FN4O/c1-13-3-4-15(11-17(13)21)19-16-5-7-22-8-6-18(16)23-20(24-19)25-9-10-26-12-14(25)2/h3-4,11,14,22H,5-10,12H2,1-2H3/t14-/m0/s1. The number of fused-ring (bicyclic) bond motifs is 1. The number of aryl methyl sites for hydroxylation is 1. The van der Waals surface area contributed by atoms with E-state index in [1.807, 2.05) is 12.1 Å². The van der Waals surface area contributed by atoms with Gasteiger partial charge in [-0.3, -0.25) is 0 Å². The van der Waals surface area contributed by atoms with Crippen LogP contribution in [-0.2, 0) is 17.6 Å². The number of hydrogen-bond acceptors (Lipinski definition) is 5. The average molecular weight is 356 g/mol. The lowest BCUT2D eigenvalue weighted by molar-refractivity contribution is 0.0980. The fraction of sp³-hybridized carbons (Fsp3) is 0.500. The van der Waals surface area contributed by atoms with Crippen LogP contribution in [0.2, 0.25) is 0 Å². The number of anilines is 1. The summed E-state index contributed by atoms with van der Waals surface area (Å²) in [7, 11) is 0. The molecule has 6 heteroatoms. The van der Waals surface area contributed by atoms with Crippen LogP contribution in [0, 0.1) is 12.7 Å². The summed E-state index contributed by atoms with van der Waals surface area (Å²) in [5.74, 6) is 0.542. The highest BCUT2D eigenvalue weighted by molar-refractivity contribution is 5.66. The maximum Gasteiger partial charge on any atom is 0.226 e. The second-order valence-electron chi connectivity index (χ2n) is 7.13. The van der Waals surface area contributed by atoms with Gasteiger partial charge in [0.1, 0.15) is 5.82 Å².